The first-order valence-corrected chi connectivity index (χ1v) is 11.5. The summed E-state index contributed by atoms with van der Waals surface area (Å²) in [5.41, 5.74) is 0.197. The number of aliphatic hydroxyl groups excluding tert-OH is 2. The van der Waals surface area contributed by atoms with Crippen LogP contribution in [0.15, 0.2) is 29.2 Å². The maximum Gasteiger partial charge on any atom is 0.332 e. The molecule has 0 saturated heterocycles. The Labute approximate surface area is 192 Å². The van der Waals surface area contributed by atoms with Crippen LogP contribution >= 0.6 is 11.6 Å². The monoisotopic (exact) mass is 465 g/mol. The normalized spacial score (nSPS) is 17.0. The first-order chi connectivity index (χ1) is 15.2. The van der Waals surface area contributed by atoms with Crippen LogP contribution in [0.1, 0.15) is 61.0 Å². The van der Waals surface area contributed by atoms with Crippen molar-refractivity contribution in [2.24, 2.45) is 0 Å². The van der Waals surface area contributed by atoms with Gasteiger partial charge in [-0.2, -0.15) is 0 Å². The Hall–Kier alpha value is -2.13. The Bertz CT molecular complexity index is 992. The highest BCUT2D eigenvalue weighted by Gasteiger charge is 2.29. The molecule has 1 fully saturated rings. The highest BCUT2D eigenvalue weighted by molar-refractivity contribution is 6.33. The van der Waals surface area contributed by atoms with Crippen molar-refractivity contribution in [2.75, 3.05) is 13.2 Å². The summed E-state index contributed by atoms with van der Waals surface area (Å²) >= 11 is 6.27. The molecule has 1 aromatic carbocycles. The standard InChI is InChI=1S/C23H32ClN3O5/c1-16-13-27(22(31)26(16)11-8-18(29)14-28)17-6-7-20(24)19(12-17)21(30)25-15-23(32)9-4-2-3-5-10-23/h6-7,12-13,18,28-29,32H,2-5,8-11,14-15H2,1H3,(H,25,30). The van der Waals surface area contributed by atoms with Crippen LogP contribution in [0.4, 0.5) is 0 Å². The molecule has 0 bridgehead atoms. The van der Waals surface area contributed by atoms with Crippen molar-refractivity contribution in [2.45, 2.75) is 70.1 Å². The fraction of sp³-hybridized carbons (Fsp3) is 0.565. The van der Waals surface area contributed by atoms with Gasteiger partial charge in [0.15, 0.2) is 0 Å². The third-order valence-electron chi connectivity index (χ3n) is 6.16. The van der Waals surface area contributed by atoms with Gasteiger partial charge in [0.2, 0.25) is 0 Å². The molecule has 8 nitrogen and oxygen atoms in total. The summed E-state index contributed by atoms with van der Waals surface area (Å²) in [5, 5.41) is 32.4. The molecule has 3 rings (SSSR count). The SMILES string of the molecule is Cc1cn(-c2ccc(Cl)c(C(=O)NCC3(O)CCCCCC3)c2)c(=O)n1CCC(O)CO. The van der Waals surface area contributed by atoms with Crippen molar-refractivity contribution in [1.29, 1.82) is 0 Å². The third kappa shape index (κ3) is 5.81. The molecule has 1 aliphatic rings. The van der Waals surface area contributed by atoms with Crippen LogP contribution in [0.2, 0.25) is 5.02 Å². The number of nitrogens with zero attached hydrogens (tertiary/aromatic N) is 2. The minimum Gasteiger partial charge on any atom is -0.394 e. The van der Waals surface area contributed by atoms with E-state index >= 15 is 0 Å². The van der Waals surface area contributed by atoms with E-state index in [0.717, 1.165) is 25.7 Å². The molecule has 1 amide bonds. The van der Waals surface area contributed by atoms with Gasteiger partial charge in [-0.15, -0.1) is 0 Å². The molecule has 32 heavy (non-hydrogen) atoms. The number of rotatable bonds is 8. The van der Waals surface area contributed by atoms with E-state index in [1.807, 2.05) is 0 Å². The maximum atomic E-state index is 12.9. The number of carbonyl (C=O) groups excluding carboxylic acids is 1. The lowest BCUT2D eigenvalue weighted by Gasteiger charge is -2.26. The van der Waals surface area contributed by atoms with Crippen molar-refractivity contribution in [1.82, 2.24) is 14.5 Å². The fourth-order valence-corrected chi connectivity index (χ4v) is 4.36. The van der Waals surface area contributed by atoms with Crippen molar-refractivity contribution < 1.29 is 20.1 Å². The summed E-state index contributed by atoms with van der Waals surface area (Å²) in [6.07, 6.45) is 6.41. The second-order valence-corrected chi connectivity index (χ2v) is 9.09. The van der Waals surface area contributed by atoms with Crippen molar-refractivity contribution in [3.63, 3.8) is 0 Å². The van der Waals surface area contributed by atoms with E-state index in [4.69, 9.17) is 16.7 Å². The van der Waals surface area contributed by atoms with Gasteiger partial charge >= 0.3 is 5.69 Å². The summed E-state index contributed by atoms with van der Waals surface area (Å²) in [4.78, 5) is 25.7. The van der Waals surface area contributed by atoms with E-state index in [9.17, 15) is 19.8 Å². The number of hydrogen-bond acceptors (Lipinski definition) is 5. The minimum atomic E-state index is -0.902. The minimum absolute atomic E-state index is 0.162. The molecule has 1 unspecified atom stereocenters. The van der Waals surface area contributed by atoms with Crippen molar-refractivity contribution in [3.8, 4) is 5.69 Å². The van der Waals surface area contributed by atoms with Crippen molar-refractivity contribution >= 4 is 17.5 Å². The summed E-state index contributed by atoms with van der Waals surface area (Å²) in [5.74, 6) is -0.398. The van der Waals surface area contributed by atoms with E-state index in [1.54, 1.807) is 31.3 Å². The Morgan fingerprint density at radius 3 is 2.59 bits per heavy atom. The number of aromatic nitrogens is 2. The summed E-state index contributed by atoms with van der Waals surface area (Å²) < 4.78 is 2.93. The molecule has 0 aliphatic heterocycles. The molecule has 4 N–H and O–H groups in total. The largest absolute Gasteiger partial charge is 0.394 e. The molecule has 176 valence electrons. The first-order valence-electron chi connectivity index (χ1n) is 11.1. The number of hydrogen-bond donors (Lipinski definition) is 4. The van der Waals surface area contributed by atoms with Gasteiger partial charge in [-0.1, -0.05) is 37.3 Å². The van der Waals surface area contributed by atoms with Crippen LogP contribution in [-0.4, -0.2) is 55.2 Å². The number of imidazole rings is 1. The fourth-order valence-electron chi connectivity index (χ4n) is 4.16. The van der Waals surface area contributed by atoms with Gasteiger partial charge in [0.05, 0.1) is 34.6 Å². The van der Waals surface area contributed by atoms with E-state index < -0.39 is 17.6 Å². The molecule has 1 saturated carbocycles. The Morgan fingerprint density at radius 2 is 1.94 bits per heavy atom. The van der Waals surface area contributed by atoms with Crippen LogP contribution in [0, 0.1) is 6.92 Å². The van der Waals surface area contributed by atoms with Crippen LogP contribution < -0.4 is 11.0 Å². The lowest BCUT2D eigenvalue weighted by molar-refractivity contribution is 0.0246. The van der Waals surface area contributed by atoms with Crippen LogP contribution in [0.3, 0.4) is 0 Å². The van der Waals surface area contributed by atoms with Gasteiger partial charge in [-0.3, -0.25) is 13.9 Å². The van der Waals surface area contributed by atoms with Gasteiger partial charge in [0.1, 0.15) is 0 Å². The van der Waals surface area contributed by atoms with Gasteiger partial charge in [0, 0.05) is 25.0 Å². The van der Waals surface area contributed by atoms with Gasteiger partial charge < -0.3 is 20.6 Å². The zero-order chi connectivity index (χ0) is 23.3. The average Bonchev–Trinajstić information content (AvgIpc) is 2.92. The zero-order valence-electron chi connectivity index (χ0n) is 18.4. The lowest BCUT2D eigenvalue weighted by Crippen LogP contribution is -2.42. The molecule has 0 spiro atoms. The number of carbonyl (C=O) groups is 1. The molecule has 0 radical (unpaired) electrons. The molecule has 1 aromatic heterocycles. The number of amides is 1. The second kappa shape index (κ2) is 10.7. The summed E-state index contributed by atoms with van der Waals surface area (Å²) in [6.45, 7) is 1.84. The van der Waals surface area contributed by atoms with Gasteiger partial charge in [0.25, 0.3) is 5.91 Å². The summed E-state index contributed by atoms with van der Waals surface area (Å²) in [6, 6.07) is 4.79. The quantitative estimate of drug-likeness (QED) is 0.446. The highest BCUT2D eigenvalue weighted by atomic mass is 35.5. The molecule has 1 aliphatic carbocycles. The molecule has 1 heterocycles. The van der Waals surface area contributed by atoms with Crippen LogP contribution in [-0.2, 0) is 6.54 Å². The number of halogens is 1. The van der Waals surface area contributed by atoms with E-state index in [1.165, 1.54) is 9.13 Å². The molecule has 2 aromatic rings. The number of aliphatic hydroxyl groups is 3. The van der Waals surface area contributed by atoms with Gasteiger partial charge in [-0.05, 0) is 44.4 Å². The number of aryl methyl sites for hydroxylation is 1. The van der Waals surface area contributed by atoms with E-state index in [-0.39, 0.29) is 42.4 Å². The molecular formula is C23H32ClN3O5. The highest BCUT2D eigenvalue weighted by Crippen LogP contribution is 2.27. The van der Waals surface area contributed by atoms with E-state index in [0.29, 0.717) is 24.2 Å². The molecule has 1 atom stereocenters. The van der Waals surface area contributed by atoms with E-state index in [2.05, 4.69) is 5.32 Å². The number of benzene rings is 1. The van der Waals surface area contributed by atoms with Crippen LogP contribution in [0.25, 0.3) is 5.69 Å². The lowest BCUT2D eigenvalue weighted by atomic mass is 9.94. The third-order valence-corrected chi connectivity index (χ3v) is 6.49. The summed E-state index contributed by atoms with van der Waals surface area (Å²) in [7, 11) is 0. The number of nitrogens with one attached hydrogen (secondary N) is 1. The topological polar surface area (TPSA) is 117 Å². The smallest absolute Gasteiger partial charge is 0.332 e. The molecule has 9 heteroatoms. The predicted octanol–water partition coefficient (Wildman–Crippen LogP) is 2.16. The van der Waals surface area contributed by atoms with Gasteiger partial charge in [-0.25, -0.2) is 4.79 Å². The zero-order valence-corrected chi connectivity index (χ0v) is 19.1. The van der Waals surface area contributed by atoms with Crippen molar-refractivity contribution in [3.05, 3.63) is 51.2 Å². The van der Waals surface area contributed by atoms with Crippen LogP contribution in [0.5, 0.6) is 0 Å². The Balaban J connectivity index is 1.78. The average molecular weight is 466 g/mol. The second-order valence-electron chi connectivity index (χ2n) is 8.69. The Kier molecular flexibility index (Phi) is 8.16. The molecular weight excluding hydrogens is 434 g/mol. The Morgan fingerprint density at radius 1 is 1.25 bits per heavy atom. The predicted molar refractivity (Wildman–Crippen MR) is 122 cm³/mol. The first kappa shape index (κ1) is 24.5. The maximum absolute atomic E-state index is 12.9.